The normalized spacial score (nSPS) is 18.0. The van der Waals surface area contributed by atoms with E-state index in [-0.39, 0.29) is 24.7 Å². The summed E-state index contributed by atoms with van der Waals surface area (Å²) in [4.78, 5) is 35.7. The van der Waals surface area contributed by atoms with Crippen LogP contribution in [0.1, 0.15) is 45.7 Å². The molecule has 3 heterocycles. The molecule has 0 radical (unpaired) electrons. The molecule has 2 amide bonds. The number of halogens is 3. The van der Waals surface area contributed by atoms with Gasteiger partial charge in [-0.2, -0.15) is 13.2 Å². The Kier molecular flexibility index (Phi) is 12.2. The second-order valence-electron chi connectivity index (χ2n) is 13.2. The van der Waals surface area contributed by atoms with Crippen molar-refractivity contribution in [2.75, 3.05) is 68.1 Å². The molecular weight excluding hydrogens is 687 g/mol. The molecule has 2 unspecified atom stereocenters. The largest absolute Gasteiger partial charge is 0.416 e. The van der Waals surface area contributed by atoms with Crippen LogP contribution in [0.2, 0.25) is 0 Å². The molecule has 2 fully saturated rings. The molecule has 2 aliphatic rings. The fraction of sp³-hybridized carbons (Fsp3) is 0.359. The van der Waals surface area contributed by atoms with Gasteiger partial charge in [0, 0.05) is 74.4 Å². The molecule has 4 N–H and O–H groups in total. The minimum absolute atomic E-state index is 0.0268. The van der Waals surface area contributed by atoms with Gasteiger partial charge in [0.2, 0.25) is 0 Å². The van der Waals surface area contributed by atoms with Crippen LogP contribution in [0.5, 0.6) is 0 Å². The molecule has 4 aromatic rings. The monoisotopic (exact) mass is 731 g/mol. The summed E-state index contributed by atoms with van der Waals surface area (Å²) in [7, 11) is 0. The van der Waals surface area contributed by atoms with Crippen LogP contribution < -0.4 is 26.4 Å². The molecule has 280 valence electrons. The Morgan fingerprint density at radius 1 is 0.887 bits per heavy atom. The number of alkyl halides is 3. The first-order valence-corrected chi connectivity index (χ1v) is 17.7. The Morgan fingerprint density at radius 3 is 2.38 bits per heavy atom. The van der Waals surface area contributed by atoms with Gasteiger partial charge in [-0.25, -0.2) is 5.43 Å². The number of amides is 2. The van der Waals surface area contributed by atoms with Crippen molar-refractivity contribution in [2.45, 2.75) is 38.8 Å². The number of nitrogens with one attached hydrogen (secondary N) is 4. The minimum Gasteiger partial charge on any atom is -0.379 e. The van der Waals surface area contributed by atoms with Crippen molar-refractivity contribution < 1.29 is 32.2 Å². The third-order valence-corrected chi connectivity index (χ3v) is 9.06. The lowest BCUT2D eigenvalue weighted by Gasteiger charge is -2.37. The van der Waals surface area contributed by atoms with E-state index in [1.54, 1.807) is 48.7 Å². The molecule has 0 bridgehead atoms. The van der Waals surface area contributed by atoms with E-state index in [1.165, 1.54) is 6.07 Å². The molecule has 11 nitrogen and oxygen atoms in total. The lowest BCUT2D eigenvalue weighted by atomic mass is 10.0. The van der Waals surface area contributed by atoms with Crippen LogP contribution in [0, 0.1) is 0 Å². The maximum absolute atomic E-state index is 13.7. The number of hydrazine groups is 1. The summed E-state index contributed by atoms with van der Waals surface area (Å²) in [5, 5.41) is 5.97. The van der Waals surface area contributed by atoms with Gasteiger partial charge in [-0.3, -0.25) is 19.5 Å². The molecule has 2 atom stereocenters. The van der Waals surface area contributed by atoms with Crippen molar-refractivity contribution in [3.63, 3.8) is 0 Å². The van der Waals surface area contributed by atoms with Crippen LogP contribution in [0.15, 0.2) is 85.1 Å². The summed E-state index contributed by atoms with van der Waals surface area (Å²) >= 11 is 0. The van der Waals surface area contributed by atoms with Gasteiger partial charge in [-0.1, -0.05) is 24.3 Å². The summed E-state index contributed by atoms with van der Waals surface area (Å²) < 4.78 is 50.9. The fourth-order valence-corrected chi connectivity index (χ4v) is 6.45. The highest BCUT2D eigenvalue weighted by atomic mass is 19.4. The summed E-state index contributed by atoms with van der Waals surface area (Å²) in [6.07, 6.45) is -2.76. The first kappa shape index (κ1) is 37.7. The summed E-state index contributed by atoms with van der Waals surface area (Å²) in [5.41, 5.74) is 9.74. The number of nitrogens with zero attached hydrogens (tertiary/aromatic N) is 3. The number of pyridine rings is 1. The van der Waals surface area contributed by atoms with Gasteiger partial charge in [0.15, 0.2) is 0 Å². The third kappa shape index (κ3) is 10.3. The number of hydrogen-bond donors (Lipinski definition) is 4. The lowest BCUT2D eigenvalue weighted by molar-refractivity contribution is -0.137. The Labute approximate surface area is 306 Å². The Bertz CT molecular complexity index is 1880. The quantitative estimate of drug-likeness (QED) is 0.134. The highest BCUT2D eigenvalue weighted by molar-refractivity contribution is 6.08. The molecule has 0 saturated carbocycles. The van der Waals surface area contributed by atoms with E-state index in [1.807, 2.05) is 32.0 Å². The average Bonchev–Trinajstić information content (AvgIpc) is 3.15. The Balaban J connectivity index is 1.19. The number of ether oxygens (including phenoxy) is 2. The number of carbonyl (C=O) groups is 2. The van der Waals surface area contributed by atoms with Gasteiger partial charge < -0.3 is 30.4 Å². The topological polar surface area (TPSA) is 120 Å². The van der Waals surface area contributed by atoms with Crippen LogP contribution in [0.25, 0.3) is 11.3 Å². The standard InChI is InChI=1S/C39H44F3N7O4/c1-26-24-49(25-27(2)53-26)33-9-10-35(46-38(51)30-7-4-6-29(20-30)37(50)44-13-14-48-15-17-52-18-16-48)34(22-33)36-21-32(11-12-43-36)47-45-23-28-5-3-8-31(19-28)39(40,41)42/h3-12,19-22,26-27,45H,13-18,23-25H2,1-2H3,(H,43,47)(H,44,50)(H,46,51). The maximum Gasteiger partial charge on any atom is 0.416 e. The van der Waals surface area contributed by atoms with E-state index in [2.05, 4.69) is 36.3 Å². The van der Waals surface area contributed by atoms with Crippen LogP contribution in [0.3, 0.4) is 0 Å². The lowest BCUT2D eigenvalue weighted by Crippen LogP contribution is -2.45. The van der Waals surface area contributed by atoms with Crippen molar-refractivity contribution in [1.29, 1.82) is 0 Å². The summed E-state index contributed by atoms with van der Waals surface area (Å²) in [6.45, 7) is 9.78. The number of anilines is 3. The first-order chi connectivity index (χ1) is 25.5. The number of carbonyl (C=O) groups excluding carboxylic acids is 2. The van der Waals surface area contributed by atoms with Gasteiger partial charge in [0.05, 0.1) is 48.1 Å². The second kappa shape index (κ2) is 17.2. The fourth-order valence-electron chi connectivity index (χ4n) is 6.45. The number of benzene rings is 3. The molecule has 0 aliphatic carbocycles. The second-order valence-corrected chi connectivity index (χ2v) is 13.2. The van der Waals surface area contributed by atoms with E-state index in [0.29, 0.717) is 78.7 Å². The van der Waals surface area contributed by atoms with Crippen LogP contribution in [-0.2, 0) is 22.2 Å². The van der Waals surface area contributed by atoms with Crippen molar-refractivity contribution >= 4 is 28.9 Å². The minimum atomic E-state index is -4.43. The maximum atomic E-state index is 13.7. The van der Waals surface area contributed by atoms with E-state index in [0.717, 1.165) is 30.9 Å². The summed E-state index contributed by atoms with van der Waals surface area (Å²) in [6, 6.07) is 21.0. The zero-order valence-electron chi connectivity index (χ0n) is 29.7. The predicted molar refractivity (Wildman–Crippen MR) is 198 cm³/mol. The van der Waals surface area contributed by atoms with Gasteiger partial charge in [-0.15, -0.1) is 0 Å². The molecule has 6 rings (SSSR count). The van der Waals surface area contributed by atoms with Crippen LogP contribution >= 0.6 is 0 Å². The zero-order chi connectivity index (χ0) is 37.4. The van der Waals surface area contributed by atoms with Crippen molar-refractivity contribution in [2.24, 2.45) is 0 Å². The van der Waals surface area contributed by atoms with Crippen molar-refractivity contribution in [1.82, 2.24) is 20.6 Å². The number of rotatable bonds is 12. The number of morpholine rings is 2. The average molecular weight is 732 g/mol. The summed E-state index contributed by atoms with van der Waals surface area (Å²) in [5.74, 6) is -0.658. The molecule has 2 aliphatic heterocycles. The smallest absolute Gasteiger partial charge is 0.379 e. The van der Waals surface area contributed by atoms with E-state index < -0.39 is 17.6 Å². The van der Waals surface area contributed by atoms with E-state index in [9.17, 15) is 22.8 Å². The van der Waals surface area contributed by atoms with Gasteiger partial charge in [-0.05, 0) is 74.0 Å². The SMILES string of the molecule is CC1CN(c2ccc(NC(=O)c3cccc(C(=O)NCCN4CCOCC4)c3)c(-c3cc(NNCc4cccc(C(F)(F)F)c4)ccn3)c2)CC(C)O1. The predicted octanol–water partition coefficient (Wildman–Crippen LogP) is 5.81. The Morgan fingerprint density at radius 2 is 1.62 bits per heavy atom. The highest BCUT2D eigenvalue weighted by Crippen LogP contribution is 2.34. The van der Waals surface area contributed by atoms with Gasteiger partial charge in [0.1, 0.15) is 0 Å². The third-order valence-electron chi connectivity index (χ3n) is 9.06. The van der Waals surface area contributed by atoms with Crippen LogP contribution in [-0.4, -0.2) is 86.4 Å². The number of aromatic nitrogens is 1. The van der Waals surface area contributed by atoms with Crippen LogP contribution in [0.4, 0.5) is 30.2 Å². The molecular formula is C39H44F3N7O4. The molecule has 0 spiro atoms. The number of hydrogen-bond acceptors (Lipinski definition) is 9. The molecule has 1 aromatic heterocycles. The zero-order valence-corrected chi connectivity index (χ0v) is 29.7. The Hall–Kier alpha value is -5.02. The van der Waals surface area contributed by atoms with Gasteiger partial charge in [0.25, 0.3) is 11.8 Å². The molecule has 3 aromatic carbocycles. The molecule has 14 heteroatoms. The van der Waals surface area contributed by atoms with Gasteiger partial charge >= 0.3 is 6.18 Å². The van der Waals surface area contributed by atoms with Crippen molar-refractivity contribution in [3.8, 4) is 11.3 Å². The van der Waals surface area contributed by atoms with E-state index in [4.69, 9.17) is 9.47 Å². The molecule has 2 saturated heterocycles. The van der Waals surface area contributed by atoms with Crippen molar-refractivity contribution in [3.05, 3.63) is 107 Å². The highest BCUT2D eigenvalue weighted by Gasteiger charge is 2.30. The first-order valence-electron chi connectivity index (χ1n) is 17.7. The molecule has 53 heavy (non-hydrogen) atoms. The van der Waals surface area contributed by atoms with E-state index >= 15 is 0 Å².